The first kappa shape index (κ1) is 14.7. The van der Waals surface area contributed by atoms with Gasteiger partial charge in [0.2, 0.25) is 5.82 Å². The number of furan rings is 1. The molecule has 2 heterocycles. The van der Waals surface area contributed by atoms with Crippen molar-refractivity contribution in [2.75, 3.05) is 18.5 Å². The number of nitrogens with zero attached hydrogens (tertiary/aromatic N) is 3. The number of hydrogen-bond acceptors (Lipinski definition) is 6. The van der Waals surface area contributed by atoms with Gasteiger partial charge in [0.1, 0.15) is 5.69 Å². The smallest absolute Gasteiger partial charge is 0.219 e. The molecule has 22 heavy (non-hydrogen) atoms. The van der Waals surface area contributed by atoms with Crippen LogP contribution < -0.4 is 5.32 Å². The zero-order valence-electron chi connectivity index (χ0n) is 11.5. The van der Waals surface area contributed by atoms with Crippen LogP contribution in [0.2, 0.25) is 0 Å². The molecule has 7 heteroatoms. The second-order valence-electron chi connectivity index (χ2n) is 4.47. The van der Waals surface area contributed by atoms with Crippen LogP contribution in [-0.4, -0.2) is 33.4 Å². The van der Waals surface area contributed by atoms with Crippen LogP contribution in [-0.2, 0) is 0 Å². The predicted octanol–water partition coefficient (Wildman–Crippen LogP) is 2.97. The summed E-state index contributed by atoms with van der Waals surface area (Å²) in [5, 5.41) is 20.5. The molecule has 0 aliphatic carbocycles. The van der Waals surface area contributed by atoms with E-state index in [1.807, 2.05) is 24.3 Å². The number of nitrogens with one attached hydrogen (secondary N) is 1. The highest BCUT2D eigenvalue weighted by Crippen LogP contribution is 2.27. The summed E-state index contributed by atoms with van der Waals surface area (Å²) in [6.45, 7) is 0.375. The van der Waals surface area contributed by atoms with Crippen LogP contribution >= 0.6 is 15.9 Å². The molecule has 0 saturated carbocycles. The van der Waals surface area contributed by atoms with Gasteiger partial charge in [-0.2, -0.15) is 0 Å². The van der Waals surface area contributed by atoms with Gasteiger partial charge in [-0.05, 0) is 24.3 Å². The number of hydrogen-bond donors (Lipinski definition) is 2. The average Bonchev–Trinajstić information content (AvgIpc) is 3.08. The second-order valence-corrected chi connectivity index (χ2v) is 5.38. The minimum atomic E-state index is -0.000133. The molecule has 2 aromatic heterocycles. The lowest BCUT2D eigenvalue weighted by Gasteiger charge is -2.10. The molecule has 0 saturated heterocycles. The van der Waals surface area contributed by atoms with Gasteiger partial charge < -0.3 is 14.8 Å². The van der Waals surface area contributed by atoms with Gasteiger partial charge in [-0.15, -0.1) is 10.2 Å². The number of rotatable bonds is 5. The first-order valence-corrected chi connectivity index (χ1v) is 7.46. The molecule has 0 aliphatic rings. The van der Waals surface area contributed by atoms with Gasteiger partial charge in [-0.3, -0.25) is 0 Å². The molecule has 0 atom stereocenters. The van der Waals surface area contributed by atoms with E-state index < -0.39 is 0 Å². The summed E-state index contributed by atoms with van der Waals surface area (Å²) in [6.07, 6.45) is 1.56. The van der Waals surface area contributed by atoms with Crippen LogP contribution in [0.1, 0.15) is 0 Å². The van der Waals surface area contributed by atoms with E-state index in [9.17, 15) is 0 Å². The van der Waals surface area contributed by atoms with E-state index in [2.05, 4.69) is 36.4 Å². The maximum atomic E-state index is 9.03. The van der Waals surface area contributed by atoms with Crippen molar-refractivity contribution in [3.63, 3.8) is 0 Å². The first-order valence-electron chi connectivity index (χ1n) is 6.67. The molecular formula is C15H13BrN4O2. The molecule has 0 unspecified atom stereocenters. The van der Waals surface area contributed by atoms with Crippen molar-refractivity contribution < 1.29 is 9.52 Å². The second kappa shape index (κ2) is 6.67. The molecule has 2 N–H and O–H groups in total. The topological polar surface area (TPSA) is 84.1 Å². The highest BCUT2D eigenvalue weighted by molar-refractivity contribution is 9.10. The number of aliphatic hydroxyl groups excluding tert-OH is 1. The van der Waals surface area contributed by atoms with Crippen molar-refractivity contribution >= 4 is 21.7 Å². The monoisotopic (exact) mass is 360 g/mol. The number of aliphatic hydroxyl groups is 1. The summed E-state index contributed by atoms with van der Waals surface area (Å²) in [5.41, 5.74) is 1.51. The Hall–Kier alpha value is -2.25. The lowest BCUT2D eigenvalue weighted by molar-refractivity contribution is 0.311. The summed E-state index contributed by atoms with van der Waals surface area (Å²) < 4.78 is 6.27. The van der Waals surface area contributed by atoms with Gasteiger partial charge in [-0.25, -0.2) is 4.98 Å². The molecular weight excluding hydrogens is 348 g/mol. The number of benzene rings is 1. The lowest BCUT2D eigenvalue weighted by Crippen LogP contribution is -2.10. The number of aromatic nitrogens is 3. The Morgan fingerprint density at radius 2 is 1.95 bits per heavy atom. The summed E-state index contributed by atoms with van der Waals surface area (Å²) in [6, 6.07) is 11.2. The van der Waals surface area contributed by atoms with Gasteiger partial charge in [0.05, 0.1) is 12.9 Å². The van der Waals surface area contributed by atoms with Crippen molar-refractivity contribution in [1.82, 2.24) is 15.2 Å². The van der Waals surface area contributed by atoms with Gasteiger partial charge in [-0.1, -0.05) is 28.1 Å². The molecule has 0 amide bonds. The van der Waals surface area contributed by atoms with Crippen molar-refractivity contribution in [2.24, 2.45) is 0 Å². The fourth-order valence-corrected chi connectivity index (χ4v) is 2.20. The summed E-state index contributed by atoms with van der Waals surface area (Å²) in [5.74, 6) is 1.49. The number of halogens is 1. The minimum absolute atomic E-state index is 0.000133. The molecule has 1 aromatic carbocycles. The van der Waals surface area contributed by atoms with Crippen LogP contribution in [0.25, 0.3) is 22.8 Å². The van der Waals surface area contributed by atoms with Gasteiger partial charge in [0.15, 0.2) is 11.6 Å². The fraction of sp³-hybridized carbons (Fsp3) is 0.133. The summed E-state index contributed by atoms with van der Waals surface area (Å²) in [7, 11) is 0. The normalized spacial score (nSPS) is 10.6. The highest BCUT2D eigenvalue weighted by Gasteiger charge is 2.13. The average molecular weight is 361 g/mol. The van der Waals surface area contributed by atoms with Gasteiger partial charge in [0.25, 0.3) is 0 Å². The van der Waals surface area contributed by atoms with E-state index in [1.54, 1.807) is 18.4 Å². The molecule has 3 rings (SSSR count). The quantitative estimate of drug-likeness (QED) is 0.727. The van der Waals surface area contributed by atoms with Crippen LogP contribution in [0.15, 0.2) is 51.6 Å². The molecule has 0 spiro atoms. The molecule has 112 valence electrons. The molecule has 0 fully saturated rings. The van der Waals surface area contributed by atoms with E-state index in [1.165, 1.54) is 0 Å². The van der Waals surface area contributed by atoms with Crippen molar-refractivity contribution in [3.8, 4) is 22.8 Å². The molecule has 6 nitrogen and oxygen atoms in total. The Balaban J connectivity index is 2.03. The van der Waals surface area contributed by atoms with Crippen molar-refractivity contribution in [1.29, 1.82) is 0 Å². The Labute approximate surface area is 135 Å². The Morgan fingerprint density at radius 3 is 2.64 bits per heavy atom. The predicted molar refractivity (Wildman–Crippen MR) is 86.2 cm³/mol. The Bertz CT molecular complexity index is 745. The molecule has 0 bridgehead atoms. The number of anilines is 1. The molecule has 0 radical (unpaired) electrons. The minimum Gasteiger partial charge on any atom is -0.461 e. The van der Waals surface area contributed by atoms with Gasteiger partial charge in [0, 0.05) is 16.6 Å². The SMILES string of the molecule is OCCNc1nc(-c2ccco2)nnc1-c1ccc(Br)cc1. The third-order valence-electron chi connectivity index (χ3n) is 2.95. The Morgan fingerprint density at radius 1 is 1.14 bits per heavy atom. The van der Waals surface area contributed by atoms with Gasteiger partial charge >= 0.3 is 0 Å². The maximum Gasteiger partial charge on any atom is 0.219 e. The fourth-order valence-electron chi connectivity index (χ4n) is 1.94. The van der Waals surface area contributed by atoms with Crippen LogP contribution in [0.3, 0.4) is 0 Å². The molecule has 0 aliphatic heterocycles. The zero-order valence-corrected chi connectivity index (χ0v) is 13.1. The van der Waals surface area contributed by atoms with E-state index in [0.29, 0.717) is 29.6 Å². The first-order chi connectivity index (χ1) is 10.8. The van der Waals surface area contributed by atoms with E-state index in [-0.39, 0.29) is 6.61 Å². The standard InChI is InChI=1S/C15H13BrN4O2/c16-11-5-3-10(4-6-11)13-15(17-7-8-21)18-14(20-19-13)12-2-1-9-22-12/h1-6,9,21H,7-8H2,(H,17,18,20). The van der Waals surface area contributed by atoms with Crippen LogP contribution in [0.4, 0.5) is 5.82 Å². The maximum absolute atomic E-state index is 9.03. The summed E-state index contributed by atoms with van der Waals surface area (Å²) >= 11 is 3.40. The van der Waals surface area contributed by atoms with Crippen LogP contribution in [0, 0.1) is 0 Å². The lowest BCUT2D eigenvalue weighted by atomic mass is 10.1. The largest absolute Gasteiger partial charge is 0.461 e. The van der Waals surface area contributed by atoms with Crippen molar-refractivity contribution in [2.45, 2.75) is 0 Å². The van der Waals surface area contributed by atoms with Crippen molar-refractivity contribution in [3.05, 3.63) is 47.1 Å². The van der Waals surface area contributed by atoms with Crippen LogP contribution in [0.5, 0.6) is 0 Å². The third-order valence-corrected chi connectivity index (χ3v) is 3.48. The van der Waals surface area contributed by atoms with E-state index >= 15 is 0 Å². The van der Waals surface area contributed by atoms with E-state index in [4.69, 9.17) is 9.52 Å². The van der Waals surface area contributed by atoms with E-state index in [0.717, 1.165) is 10.0 Å². The Kier molecular flexibility index (Phi) is 4.45. The summed E-state index contributed by atoms with van der Waals surface area (Å²) in [4.78, 5) is 4.45. The molecule has 3 aromatic rings. The zero-order chi connectivity index (χ0) is 15.4. The third kappa shape index (κ3) is 3.15. The highest BCUT2D eigenvalue weighted by atomic mass is 79.9.